The topological polar surface area (TPSA) is 76.5 Å². The number of carbonyl (C=O) groups excluding carboxylic acids is 1. The first-order chi connectivity index (χ1) is 7.20. The maximum atomic E-state index is 11.6. The maximum absolute atomic E-state index is 11.6. The van der Waals surface area contributed by atoms with Crippen molar-refractivity contribution in [3.8, 4) is 0 Å². The summed E-state index contributed by atoms with van der Waals surface area (Å²) in [5.41, 5.74) is -0.802. The quantitative estimate of drug-likeness (QED) is 0.850. The fourth-order valence-corrected chi connectivity index (χ4v) is 2.22. The number of aromatic nitrogens is 1. The minimum Gasteiger partial charge on any atom is -0.476 e. The molecule has 1 rings (SSSR count). The number of thiazole rings is 1. The normalized spacial score (nSPS) is 11.2. The summed E-state index contributed by atoms with van der Waals surface area (Å²) in [5.74, 6) is -1.80. The molecule has 0 aliphatic rings. The van der Waals surface area contributed by atoms with Crippen LogP contribution in [0.4, 0.5) is 0 Å². The van der Waals surface area contributed by atoms with Crippen LogP contribution in [0.15, 0.2) is 3.79 Å². The van der Waals surface area contributed by atoms with Gasteiger partial charge in [-0.2, -0.15) is 0 Å². The van der Waals surface area contributed by atoms with E-state index in [4.69, 9.17) is 9.84 Å². The number of carbonyl (C=O) groups is 2. The zero-order chi connectivity index (χ0) is 12.5. The van der Waals surface area contributed by atoms with E-state index < -0.39 is 17.5 Å². The average molecular weight is 308 g/mol. The van der Waals surface area contributed by atoms with Crippen molar-refractivity contribution in [3.05, 3.63) is 14.5 Å². The highest BCUT2D eigenvalue weighted by Crippen LogP contribution is 2.26. The monoisotopic (exact) mass is 307 g/mol. The molecule has 0 aliphatic carbocycles. The Morgan fingerprint density at radius 3 is 2.38 bits per heavy atom. The summed E-state index contributed by atoms with van der Waals surface area (Å²) < 4.78 is 5.37. The molecule has 0 aliphatic heterocycles. The van der Waals surface area contributed by atoms with E-state index in [1.165, 1.54) is 0 Å². The molecule has 5 nitrogen and oxygen atoms in total. The van der Waals surface area contributed by atoms with Crippen LogP contribution in [0.2, 0.25) is 0 Å². The Labute approximate surface area is 105 Å². The van der Waals surface area contributed by atoms with Gasteiger partial charge in [0.15, 0.2) is 5.69 Å². The van der Waals surface area contributed by atoms with Crippen LogP contribution in [0.5, 0.6) is 0 Å². The number of nitrogens with zero attached hydrogens (tertiary/aromatic N) is 1. The standard InChI is InChI=1S/C9H10BrNO4S/c1-9(2,3)15-8(14)6-11-4(7(12)13)5(10)16-6/h1-3H3,(H,12,13). The van der Waals surface area contributed by atoms with Crippen molar-refractivity contribution in [1.82, 2.24) is 4.98 Å². The van der Waals surface area contributed by atoms with Crippen LogP contribution in [-0.4, -0.2) is 27.6 Å². The molecular formula is C9H10BrNO4S. The molecule has 0 atom stereocenters. The van der Waals surface area contributed by atoms with Gasteiger partial charge in [-0.1, -0.05) is 11.3 Å². The van der Waals surface area contributed by atoms with Crippen molar-refractivity contribution in [1.29, 1.82) is 0 Å². The lowest BCUT2D eigenvalue weighted by Crippen LogP contribution is -2.23. The fraction of sp³-hybridized carbons (Fsp3) is 0.444. The van der Waals surface area contributed by atoms with E-state index in [0.29, 0.717) is 3.79 Å². The average Bonchev–Trinajstić information content (AvgIpc) is 2.44. The van der Waals surface area contributed by atoms with Crippen LogP contribution in [0, 0.1) is 0 Å². The Morgan fingerprint density at radius 1 is 1.44 bits per heavy atom. The second kappa shape index (κ2) is 4.50. The van der Waals surface area contributed by atoms with E-state index in [0.717, 1.165) is 11.3 Å². The Bertz CT molecular complexity index is 435. The van der Waals surface area contributed by atoms with Crippen molar-refractivity contribution < 1.29 is 19.4 Å². The van der Waals surface area contributed by atoms with Gasteiger partial charge in [0, 0.05) is 0 Å². The van der Waals surface area contributed by atoms with E-state index >= 15 is 0 Å². The maximum Gasteiger partial charge on any atom is 0.368 e. The third kappa shape index (κ3) is 3.28. The van der Waals surface area contributed by atoms with Crippen molar-refractivity contribution >= 4 is 39.2 Å². The highest BCUT2D eigenvalue weighted by Gasteiger charge is 2.24. The lowest BCUT2D eigenvalue weighted by atomic mass is 10.2. The third-order valence-corrected chi connectivity index (χ3v) is 3.05. The fourth-order valence-electron chi connectivity index (χ4n) is 0.842. The molecule has 1 aromatic heterocycles. The van der Waals surface area contributed by atoms with Gasteiger partial charge in [0.05, 0.1) is 0 Å². The van der Waals surface area contributed by atoms with E-state index in [1.807, 2.05) is 0 Å². The molecule has 0 spiro atoms. The first-order valence-electron chi connectivity index (χ1n) is 4.33. The van der Waals surface area contributed by atoms with Crippen molar-refractivity contribution in [3.63, 3.8) is 0 Å². The number of ether oxygens (including phenoxy) is 1. The van der Waals surface area contributed by atoms with E-state index in [1.54, 1.807) is 20.8 Å². The summed E-state index contributed by atoms with van der Waals surface area (Å²) in [7, 11) is 0. The number of hydrogen-bond acceptors (Lipinski definition) is 5. The molecule has 0 saturated heterocycles. The molecule has 0 amide bonds. The van der Waals surface area contributed by atoms with Crippen LogP contribution in [0.25, 0.3) is 0 Å². The van der Waals surface area contributed by atoms with Crippen LogP contribution in [0.1, 0.15) is 41.1 Å². The lowest BCUT2D eigenvalue weighted by Gasteiger charge is -2.18. The summed E-state index contributed by atoms with van der Waals surface area (Å²) in [6.45, 7) is 5.18. The van der Waals surface area contributed by atoms with Gasteiger partial charge in [-0.25, -0.2) is 14.6 Å². The highest BCUT2D eigenvalue weighted by molar-refractivity contribution is 9.11. The van der Waals surface area contributed by atoms with Gasteiger partial charge in [0.1, 0.15) is 9.39 Å². The minimum atomic E-state index is -1.18. The smallest absolute Gasteiger partial charge is 0.368 e. The number of rotatable bonds is 2. The molecule has 0 unspecified atom stereocenters. The molecule has 0 bridgehead atoms. The largest absolute Gasteiger partial charge is 0.476 e. The van der Waals surface area contributed by atoms with Gasteiger partial charge in [-0.15, -0.1) is 0 Å². The Hall–Kier alpha value is -0.950. The molecule has 0 aromatic carbocycles. The van der Waals surface area contributed by atoms with Crippen LogP contribution < -0.4 is 0 Å². The van der Waals surface area contributed by atoms with E-state index in [9.17, 15) is 9.59 Å². The first kappa shape index (κ1) is 13.1. The third-order valence-electron chi connectivity index (χ3n) is 1.36. The predicted molar refractivity (Wildman–Crippen MR) is 61.9 cm³/mol. The summed E-state index contributed by atoms with van der Waals surface area (Å²) in [5, 5.41) is 8.78. The van der Waals surface area contributed by atoms with Gasteiger partial charge in [-0.3, -0.25) is 0 Å². The molecule has 7 heteroatoms. The molecule has 1 N–H and O–H groups in total. The molecule has 0 radical (unpaired) electrons. The minimum absolute atomic E-state index is 0.0270. The summed E-state index contributed by atoms with van der Waals surface area (Å²) in [4.78, 5) is 26.0. The molecule has 0 saturated carbocycles. The number of hydrogen-bond donors (Lipinski definition) is 1. The first-order valence-corrected chi connectivity index (χ1v) is 5.94. The van der Waals surface area contributed by atoms with Crippen molar-refractivity contribution in [2.24, 2.45) is 0 Å². The molecule has 16 heavy (non-hydrogen) atoms. The van der Waals surface area contributed by atoms with Gasteiger partial charge in [-0.05, 0) is 36.7 Å². The number of carboxylic acids is 1. The number of halogens is 1. The van der Waals surface area contributed by atoms with Crippen LogP contribution in [-0.2, 0) is 4.74 Å². The molecule has 1 heterocycles. The SMILES string of the molecule is CC(C)(C)OC(=O)c1nc(C(=O)O)c(Br)s1. The molecule has 0 fully saturated rings. The second-order valence-corrected chi connectivity index (χ2v) is 6.27. The molecular weight excluding hydrogens is 298 g/mol. The lowest BCUT2D eigenvalue weighted by molar-refractivity contribution is 0.00692. The van der Waals surface area contributed by atoms with Crippen molar-refractivity contribution in [2.45, 2.75) is 26.4 Å². The summed E-state index contributed by atoms with van der Waals surface area (Å²) >= 11 is 3.97. The van der Waals surface area contributed by atoms with Crippen LogP contribution >= 0.6 is 27.3 Å². The summed E-state index contributed by atoms with van der Waals surface area (Å²) in [6.07, 6.45) is 0. The van der Waals surface area contributed by atoms with Crippen LogP contribution in [0.3, 0.4) is 0 Å². The molecule has 88 valence electrons. The van der Waals surface area contributed by atoms with Gasteiger partial charge < -0.3 is 9.84 Å². The highest BCUT2D eigenvalue weighted by atomic mass is 79.9. The number of esters is 1. The zero-order valence-electron chi connectivity index (χ0n) is 8.91. The zero-order valence-corrected chi connectivity index (χ0v) is 11.3. The van der Waals surface area contributed by atoms with Gasteiger partial charge in [0.2, 0.25) is 5.01 Å². The van der Waals surface area contributed by atoms with E-state index in [-0.39, 0.29) is 10.7 Å². The Balaban J connectivity index is 2.94. The molecule has 1 aromatic rings. The Morgan fingerprint density at radius 2 is 2.00 bits per heavy atom. The number of aromatic carboxylic acids is 1. The van der Waals surface area contributed by atoms with Crippen molar-refractivity contribution in [2.75, 3.05) is 0 Å². The predicted octanol–water partition coefficient (Wildman–Crippen LogP) is 2.56. The summed E-state index contributed by atoms with van der Waals surface area (Å²) in [6, 6.07) is 0. The van der Waals surface area contributed by atoms with Gasteiger partial charge in [0.25, 0.3) is 0 Å². The Kier molecular flexibility index (Phi) is 3.69. The number of carboxylic acid groups (broad SMARTS) is 1. The van der Waals surface area contributed by atoms with E-state index in [2.05, 4.69) is 20.9 Å². The van der Waals surface area contributed by atoms with Gasteiger partial charge >= 0.3 is 11.9 Å². The second-order valence-electron chi connectivity index (χ2n) is 3.95.